The molecule has 2 aromatic carbocycles. The molecule has 0 fully saturated rings. The van der Waals surface area contributed by atoms with E-state index in [-0.39, 0.29) is 6.10 Å². The largest absolute Gasteiger partial charge is 0.496 e. The van der Waals surface area contributed by atoms with Crippen molar-refractivity contribution in [2.24, 2.45) is 0 Å². The maximum atomic E-state index is 5.65. The Morgan fingerprint density at radius 3 is 1.79 bits per heavy atom. The molecule has 1 atom stereocenters. The van der Waals surface area contributed by atoms with Crippen LogP contribution in [0.1, 0.15) is 17.2 Å². The van der Waals surface area contributed by atoms with Crippen LogP contribution in [0.25, 0.3) is 0 Å². The first-order chi connectivity index (χ1) is 9.31. The van der Waals surface area contributed by atoms with E-state index >= 15 is 0 Å². The Labute approximate surface area is 113 Å². The molecule has 0 saturated carbocycles. The summed E-state index contributed by atoms with van der Waals surface area (Å²) in [6.45, 7) is 0. The molecule has 0 heterocycles. The van der Waals surface area contributed by atoms with Crippen molar-refractivity contribution in [3.8, 4) is 11.5 Å². The first-order valence-corrected chi connectivity index (χ1v) is 6.10. The third-order valence-corrected chi connectivity index (χ3v) is 3.07. The molecule has 2 rings (SSSR count). The van der Waals surface area contributed by atoms with Crippen LogP contribution < -0.4 is 9.47 Å². The van der Waals surface area contributed by atoms with E-state index in [0.717, 1.165) is 22.6 Å². The molecule has 0 aromatic heterocycles. The molecule has 0 N–H and O–H groups in total. The fourth-order valence-corrected chi connectivity index (χ4v) is 2.19. The van der Waals surface area contributed by atoms with Gasteiger partial charge in [-0.2, -0.15) is 0 Å². The highest BCUT2D eigenvalue weighted by Crippen LogP contribution is 2.38. The third kappa shape index (κ3) is 2.71. The molecule has 0 saturated heterocycles. The predicted molar refractivity (Wildman–Crippen MR) is 74.8 cm³/mol. The molecule has 0 radical (unpaired) electrons. The van der Waals surface area contributed by atoms with Crippen molar-refractivity contribution in [3.05, 3.63) is 59.7 Å². The van der Waals surface area contributed by atoms with Gasteiger partial charge >= 0.3 is 0 Å². The van der Waals surface area contributed by atoms with E-state index in [1.165, 1.54) is 0 Å². The van der Waals surface area contributed by atoms with Crippen molar-refractivity contribution < 1.29 is 14.2 Å². The Balaban J connectivity index is 2.54. The topological polar surface area (TPSA) is 27.7 Å². The molecule has 3 heteroatoms. The summed E-state index contributed by atoms with van der Waals surface area (Å²) in [4.78, 5) is 0. The van der Waals surface area contributed by atoms with Crippen LogP contribution in [0.15, 0.2) is 48.5 Å². The van der Waals surface area contributed by atoms with Crippen molar-refractivity contribution >= 4 is 0 Å². The fourth-order valence-electron chi connectivity index (χ4n) is 2.19. The lowest BCUT2D eigenvalue weighted by atomic mass is 9.99. The number of hydrogen-bond acceptors (Lipinski definition) is 3. The average Bonchev–Trinajstić information content (AvgIpc) is 2.49. The zero-order valence-electron chi connectivity index (χ0n) is 11.4. The van der Waals surface area contributed by atoms with Gasteiger partial charge < -0.3 is 14.2 Å². The lowest BCUT2D eigenvalue weighted by Gasteiger charge is -2.21. The van der Waals surface area contributed by atoms with Crippen LogP contribution in [-0.2, 0) is 4.74 Å². The highest BCUT2D eigenvalue weighted by molar-refractivity contribution is 5.49. The number of ether oxygens (including phenoxy) is 3. The minimum Gasteiger partial charge on any atom is -0.496 e. The summed E-state index contributed by atoms with van der Waals surface area (Å²) in [6.07, 6.45) is -0.215. The maximum Gasteiger partial charge on any atom is 0.128 e. The monoisotopic (exact) mass is 258 g/mol. The molecule has 0 aliphatic carbocycles. The lowest BCUT2D eigenvalue weighted by molar-refractivity contribution is 0.131. The van der Waals surface area contributed by atoms with Crippen LogP contribution in [0.4, 0.5) is 0 Å². The van der Waals surface area contributed by atoms with Gasteiger partial charge in [0.25, 0.3) is 0 Å². The number of rotatable bonds is 5. The Morgan fingerprint density at radius 1 is 0.737 bits per heavy atom. The number of hydrogen-bond donors (Lipinski definition) is 0. The molecule has 3 nitrogen and oxygen atoms in total. The average molecular weight is 258 g/mol. The first-order valence-electron chi connectivity index (χ1n) is 6.10. The summed E-state index contributed by atoms with van der Waals surface area (Å²) >= 11 is 0. The molecule has 0 aliphatic rings. The maximum absolute atomic E-state index is 5.65. The molecule has 0 unspecified atom stereocenters. The van der Waals surface area contributed by atoms with Gasteiger partial charge in [-0.05, 0) is 17.7 Å². The normalized spacial score (nSPS) is 11.9. The summed E-state index contributed by atoms with van der Waals surface area (Å²) in [7, 11) is 4.98. The van der Waals surface area contributed by atoms with Gasteiger partial charge in [0.2, 0.25) is 0 Å². The molecule has 100 valence electrons. The van der Waals surface area contributed by atoms with E-state index in [1.54, 1.807) is 21.3 Å². The molecule has 0 aliphatic heterocycles. The van der Waals surface area contributed by atoms with Crippen LogP contribution in [0.5, 0.6) is 11.5 Å². The van der Waals surface area contributed by atoms with Crippen LogP contribution >= 0.6 is 0 Å². The zero-order chi connectivity index (χ0) is 13.7. The SMILES string of the molecule is COc1cccc(OC)c1[C@@H](OC)c1ccccc1. The Morgan fingerprint density at radius 2 is 1.32 bits per heavy atom. The Kier molecular flexibility index (Phi) is 4.42. The van der Waals surface area contributed by atoms with Crippen LogP contribution in [-0.4, -0.2) is 21.3 Å². The molecular formula is C16H18O3. The Bertz CT molecular complexity index is 501. The van der Waals surface area contributed by atoms with Crippen molar-refractivity contribution in [1.29, 1.82) is 0 Å². The van der Waals surface area contributed by atoms with Gasteiger partial charge in [0.15, 0.2) is 0 Å². The molecule has 0 amide bonds. The molecule has 0 spiro atoms. The van der Waals surface area contributed by atoms with Crippen LogP contribution in [0, 0.1) is 0 Å². The Hall–Kier alpha value is -2.00. The van der Waals surface area contributed by atoms with Crippen molar-refractivity contribution in [3.63, 3.8) is 0 Å². The van der Waals surface area contributed by atoms with E-state index in [0.29, 0.717) is 0 Å². The van der Waals surface area contributed by atoms with E-state index in [1.807, 2.05) is 48.5 Å². The van der Waals surface area contributed by atoms with Gasteiger partial charge in [-0.25, -0.2) is 0 Å². The number of methoxy groups -OCH3 is 3. The highest BCUT2D eigenvalue weighted by atomic mass is 16.5. The van der Waals surface area contributed by atoms with E-state index in [9.17, 15) is 0 Å². The second-order valence-electron chi connectivity index (χ2n) is 4.10. The first kappa shape index (κ1) is 13.4. The second kappa shape index (κ2) is 6.25. The standard InChI is InChI=1S/C16H18O3/c1-17-13-10-7-11-14(18-2)15(13)16(19-3)12-8-5-4-6-9-12/h4-11,16H,1-3H3/t16-/m0/s1. The van der Waals surface area contributed by atoms with Crippen LogP contribution in [0.2, 0.25) is 0 Å². The summed E-state index contributed by atoms with van der Waals surface area (Å²) in [5, 5.41) is 0. The van der Waals surface area contributed by atoms with E-state index in [2.05, 4.69) is 0 Å². The van der Waals surface area contributed by atoms with Crippen molar-refractivity contribution in [2.75, 3.05) is 21.3 Å². The van der Waals surface area contributed by atoms with Gasteiger partial charge in [-0.15, -0.1) is 0 Å². The smallest absolute Gasteiger partial charge is 0.128 e. The number of benzene rings is 2. The van der Waals surface area contributed by atoms with Crippen molar-refractivity contribution in [2.45, 2.75) is 6.10 Å². The van der Waals surface area contributed by atoms with Gasteiger partial charge in [0, 0.05) is 7.11 Å². The van der Waals surface area contributed by atoms with Gasteiger partial charge in [0.1, 0.15) is 17.6 Å². The minimum absolute atomic E-state index is 0.215. The van der Waals surface area contributed by atoms with Gasteiger partial charge in [0.05, 0.1) is 19.8 Å². The van der Waals surface area contributed by atoms with E-state index < -0.39 is 0 Å². The second-order valence-corrected chi connectivity index (χ2v) is 4.10. The molecule has 2 aromatic rings. The lowest BCUT2D eigenvalue weighted by Crippen LogP contribution is -2.07. The molecule has 19 heavy (non-hydrogen) atoms. The molecule has 0 bridgehead atoms. The van der Waals surface area contributed by atoms with Gasteiger partial charge in [-0.1, -0.05) is 36.4 Å². The predicted octanol–water partition coefficient (Wildman–Crippen LogP) is 3.44. The van der Waals surface area contributed by atoms with Crippen molar-refractivity contribution in [1.82, 2.24) is 0 Å². The summed E-state index contributed by atoms with van der Waals surface area (Å²) < 4.78 is 16.5. The van der Waals surface area contributed by atoms with E-state index in [4.69, 9.17) is 14.2 Å². The third-order valence-electron chi connectivity index (χ3n) is 3.07. The zero-order valence-corrected chi connectivity index (χ0v) is 11.4. The highest BCUT2D eigenvalue weighted by Gasteiger charge is 2.22. The summed E-state index contributed by atoms with van der Waals surface area (Å²) in [5.41, 5.74) is 1.97. The fraction of sp³-hybridized carbons (Fsp3) is 0.250. The van der Waals surface area contributed by atoms with Crippen LogP contribution in [0.3, 0.4) is 0 Å². The molecular weight excluding hydrogens is 240 g/mol. The summed E-state index contributed by atoms with van der Waals surface area (Å²) in [5.74, 6) is 1.52. The minimum atomic E-state index is -0.215. The quantitative estimate of drug-likeness (QED) is 0.822. The van der Waals surface area contributed by atoms with Gasteiger partial charge in [-0.3, -0.25) is 0 Å². The summed E-state index contributed by atoms with van der Waals surface area (Å²) in [6, 6.07) is 15.7.